The van der Waals surface area contributed by atoms with Gasteiger partial charge in [-0.3, -0.25) is 4.79 Å². The summed E-state index contributed by atoms with van der Waals surface area (Å²) < 4.78 is 1.71. The lowest BCUT2D eigenvalue weighted by atomic mass is 9.98. The zero-order valence-electron chi connectivity index (χ0n) is 11.2. The average molecular weight is 250 g/mol. The molecule has 0 spiro atoms. The van der Waals surface area contributed by atoms with Crippen molar-refractivity contribution in [3.05, 3.63) is 22.7 Å². The topological polar surface area (TPSA) is 50.2 Å². The molecular formula is C13H22N4O. The number of aromatic nitrogens is 2. The van der Waals surface area contributed by atoms with Crippen LogP contribution in [-0.4, -0.2) is 36.2 Å². The maximum Gasteiger partial charge on any atom is 0.293 e. The van der Waals surface area contributed by atoms with Crippen LogP contribution in [0, 0.1) is 5.92 Å². The first kappa shape index (κ1) is 13.1. The normalized spacial score (nSPS) is 20.1. The predicted octanol–water partition coefficient (Wildman–Crippen LogP) is 0.699. The lowest BCUT2D eigenvalue weighted by Gasteiger charge is -2.33. The van der Waals surface area contributed by atoms with E-state index in [0.29, 0.717) is 18.3 Å². The number of anilines is 1. The van der Waals surface area contributed by atoms with Crippen LogP contribution in [0.3, 0.4) is 0 Å². The Kier molecular flexibility index (Phi) is 4.36. The van der Waals surface area contributed by atoms with E-state index >= 15 is 0 Å². The number of nitrogens with zero attached hydrogens (tertiary/aromatic N) is 3. The van der Waals surface area contributed by atoms with Crippen molar-refractivity contribution in [2.45, 2.75) is 26.3 Å². The molecule has 1 aliphatic heterocycles. The minimum atomic E-state index is 0.0325. The number of hydrogen-bond donors (Lipinski definition) is 1. The summed E-state index contributed by atoms with van der Waals surface area (Å²) in [6.07, 6.45) is 5.84. The maximum atomic E-state index is 12.2. The molecule has 1 unspecified atom stereocenters. The minimum Gasteiger partial charge on any atom is -0.352 e. The minimum absolute atomic E-state index is 0.0325. The van der Waals surface area contributed by atoms with E-state index in [1.165, 1.54) is 6.42 Å². The molecular weight excluding hydrogens is 228 g/mol. The number of aryl methyl sites for hydroxylation is 1. The Morgan fingerprint density at radius 2 is 2.39 bits per heavy atom. The molecule has 0 amide bonds. The molecule has 1 aliphatic rings. The molecule has 5 heteroatoms. The van der Waals surface area contributed by atoms with Gasteiger partial charge in [0.1, 0.15) is 0 Å². The van der Waals surface area contributed by atoms with Crippen molar-refractivity contribution in [2.24, 2.45) is 5.92 Å². The van der Waals surface area contributed by atoms with E-state index in [-0.39, 0.29) is 5.56 Å². The largest absolute Gasteiger partial charge is 0.352 e. The van der Waals surface area contributed by atoms with Gasteiger partial charge in [-0.1, -0.05) is 0 Å². The second kappa shape index (κ2) is 6.00. The zero-order valence-corrected chi connectivity index (χ0v) is 11.2. The Morgan fingerprint density at radius 3 is 3.11 bits per heavy atom. The molecule has 0 saturated carbocycles. The van der Waals surface area contributed by atoms with Gasteiger partial charge >= 0.3 is 0 Å². The van der Waals surface area contributed by atoms with Crippen molar-refractivity contribution in [2.75, 3.05) is 31.6 Å². The third-order valence-electron chi connectivity index (χ3n) is 3.55. The van der Waals surface area contributed by atoms with Crippen molar-refractivity contribution in [1.82, 2.24) is 14.9 Å². The van der Waals surface area contributed by atoms with Gasteiger partial charge in [-0.15, -0.1) is 0 Å². The van der Waals surface area contributed by atoms with Gasteiger partial charge in [0.15, 0.2) is 5.82 Å². The third kappa shape index (κ3) is 2.72. The summed E-state index contributed by atoms with van der Waals surface area (Å²) >= 11 is 0. The molecule has 1 saturated heterocycles. The Labute approximate surface area is 108 Å². The van der Waals surface area contributed by atoms with Crippen LogP contribution in [0.25, 0.3) is 0 Å². The first-order valence-corrected chi connectivity index (χ1v) is 6.71. The highest BCUT2D eigenvalue weighted by atomic mass is 16.1. The molecule has 100 valence electrons. The van der Waals surface area contributed by atoms with Gasteiger partial charge in [0.05, 0.1) is 0 Å². The predicted molar refractivity (Wildman–Crippen MR) is 73.0 cm³/mol. The SMILES string of the molecule is CCn1ccnc(N2CCCC(CNC)C2)c1=O. The summed E-state index contributed by atoms with van der Waals surface area (Å²) in [6, 6.07) is 0. The summed E-state index contributed by atoms with van der Waals surface area (Å²) in [5, 5.41) is 3.22. The molecule has 2 heterocycles. The number of nitrogens with one attached hydrogen (secondary N) is 1. The Balaban J connectivity index is 2.18. The highest BCUT2D eigenvalue weighted by Gasteiger charge is 2.22. The van der Waals surface area contributed by atoms with Crippen molar-refractivity contribution < 1.29 is 0 Å². The fraction of sp³-hybridized carbons (Fsp3) is 0.692. The number of rotatable bonds is 4. The van der Waals surface area contributed by atoms with Crippen molar-refractivity contribution in [1.29, 1.82) is 0 Å². The highest BCUT2D eigenvalue weighted by Crippen LogP contribution is 2.18. The van der Waals surface area contributed by atoms with Gasteiger partial charge in [0.25, 0.3) is 5.56 Å². The quantitative estimate of drug-likeness (QED) is 0.854. The van der Waals surface area contributed by atoms with Gasteiger partial charge in [-0.25, -0.2) is 4.98 Å². The summed E-state index contributed by atoms with van der Waals surface area (Å²) in [5.74, 6) is 1.22. The van der Waals surface area contributed by atoms with Gasteiger partial charge in [-0.2, -0.15) is 0 Å². The molecule has 2 rings (SSSR count). The van der Waals surface area contributed by atoms with Crippen LogP contribution in [0.5, 0.6) is 0 Å². The van der Waals surface area contributed by atoms with Gasteiger partial charge < -0.3 is 14.8 Å². The van der Waals surface area contributed by atoms with Gasteiger partial charge in [0.2, 0.25) is 0 Å². The lowest BCUT2D eigenvalue weighted by Crippen LogP contribution is -2.42. The van der Waals surface area contributed by atoms with Crippen LogP contribution in [-0.2, 0) is 6.54 Å². The molecule has 1 fully saturated rings. The van der Waals surface area contributed by atoms with Crippen LogP contribution in [0.4, 0.5) is 5.82 Å². The van der Waals surface area contributed by atoms with Crippen molar-refractivity contribution in [3.63, 3.8) is 0 Å². The molecule has 1 N–H and O–H groups in total. The monoisotopic (exact) mass is 250 g/mol. The van der Waals surface area contributed by atoms with Crippen molar-refractivity contribution >= 4 is 5.82 Å². The standard InChI is InChI=1S/C13H22N4O/c1-3-16-8-6-15-12(13(16)18)17-7-4-5-11(10-17)9-14-2/h6,8,11,14H,3-5,7,9-10H2,1-2H3. The van der Waals surface area contributed by atoms with Crippen LogP contribution < -0.4 is 15.8 Å². The van der Waals surface area contributed by atoms with Crippen LogP contribution in [0.2, 0.25) is 0 Å². The van der Waals surface area contributed by atoms with Gasteiger partial charge in [0, 0.05) is 32.0 Å². The highest BCUT2D eigenvalue weighted by molar-refractivity contribution is 5.36. The molecule has 5 nitrogen and oxygen atoms in total. The smallest absolute Gasteiger partial charge is 0.293 e. The Bertz CT molecular complexity index is 441. The molecule has 1 aromatic rings. The molecule has 0 bridgehead atoms. The maximum absolute atomic E-state index is 12.2. The van der Waals surface area contributed by atoms with Crippen LogP contribution in [0.1, 0.15) is 19.8 Å². The zero-order chi connectivity index (χ0) is 13.0. The summed E-state index contributed by atoms with van der Waals surface area (Å²) in [4.78, 5) is 18.6. The van der Waals surface area contributed by atoms with E-state index in [9.17, 15) is 4.79 Å². The van der Waals surface area contributed by atoms with Crippen molar-refractivity contribution in [3.8, 4) is 0 Å². The summed E-state index contributed by atoms with van der Waals surface area (Å²) in [7, 11) is 1.98. The van der Waals surface area contributed by atoms with E-state index in [0.717, 1.165) is 26.1 Å². The van der Waals surface area contributed by atoms with E-state index in [1.54, 1.807) is 17.0 Å². The molecule has 1 atom stereocenters. The van der Waals surface area contributed by atoms with E-state index in [2.05, 4.69) is 15.2 Å². The summed E-state index contributed by atoms with van der Waals surface area (Å²) in [6.45, 7) is 5.55. The number of piperidine rings is 1. The summed E-state index contributed by atoms with van der Waals surface area (Å²) in [5.41, 5.74) is 0.0325. The third-order valence-corrected chi connectivity index (χ3v) is 3.55. The second-order valence-corrected chi connectivity index (χ2v) is 4.85. The molecule has 0 aromatic carbocycles. The van der Waals surface area contributed by atoms with Gasteiger partial charge in [-0.05, 0) is 39.3 Å². The molecule has 18 heavy (non-hydrogen) atoms. The van der Waals surface area contributed by atoms with E-state index in [1.807, 2.05) is 14.0 Å². The second-order valence-electron chi connectivity index (χ2n) is 4.85. The first-order chi connectivity index (χ1) is 8.76. The van der Waals surface area contributed by atoms with E-state index in [4.69, 9.17) is 0 Å². The fourth-order valence-electron chi connectivity index (χ4n) is 2.61. The van der Waals surface area contributed by atoms with Crippen LogP contribution >= 0.6 is 0 Å². The molecule has 0 aliphatic carbocycles. The van der Waals surface area contributed by atoms with Crippen LogP contribution in [0.15, 0.2) is 17.2 Å². The average Bonchev–Trinajstić information content (AvgIpc) is 2.40. The first-order valence-electron chi connectivity index (χ1n) is 6.71. The van der Waals surface area contributed by atoms with E-state index < -0.39 is 0 Å². The molecule has 1 aromatic heterocycles. The Morgan fingerprint density at radius 1 is 1.56 bits per heavy atom. The molecule has 0 radical (unpaired) electrons. The lowest BCUT2D eigenvalue weighted by molar-refractivity contribution is 0.400. The Hall–Kier alpha value is -1.36. The fourth-order valence-corrected chi connectivity index (χ4v) is 2.61. The number of hydrogen-bond acceptors (Lipinski definition) is 4.